The Labute approximate surface area is 117 Å². The van der Waals surface area contributed by atoms with E-state index in [0.717, 1.165) is 0 Å². The molecule has 104 valence electrons. The molecule has 1 unspecified atom stereocenters. The van der Waals surface area contributed by atoms with Gasteiger partial charge in [-0.05, 0) is 31.5 Å². The fourth-order valence-corrected chi connectivity index (χ4v) is 2.02. The lowest BCUT2D eigenvalue weighted by molar-refractivity contribution is -0.146. The molecule has 0 spiro atoms. The minimum Gasteiger partial charge on any atom is -0.465 e. The Hall–Kier alpha value is -2.30. The van der Waals surface area contributed by atoms with Crippen LogP contribution in [0.4, 0.5) is 0 Å². The van der Waals surface area contributed by atoms with E-state index in [9.17, 15) is 9.59 Å². The third-order valence-corrected chi connectivity index (χ3v) is 3.05. The second-order valence-electron chi connectivity index (χ2n) is 4.34. The van der Waals surface area contributed by atoms with Crippen molar-refractivity contribution < 1.29 is 14.3 Å². The fraction of sp³-hybridized carbons (Fsp3) is 0.333. The first-order chi connectivity index (χ1) is 9.67. The molecule has 0 bridgehead atoms. The average Bonchev–Trinajstić information content (AvgIpc) is 2.47. The molecule has 0 saturated carbocycles. The number of rotatable bonds is 5. The van der Waals surface area contributed by atoms with Gasteiger partial charge in [0.2, 0.25) is 0 Å². The maximum absolute atomic E-state index is 12.4. The molecular formula is C15H16N2O3. The molecule has 2 aromatic rings. The molecule has 1 aromatic carbocycles. The molecule has 0 aliphatic rings. The molecule has 0 radical (unpaired) electrons. The van der Waals surface area contributed by atoms with E-state index in [1.54, 1.807) is 44.4 Å². The molecule has 0 amide bonds. The van der Waals surface area contributed by atoms with Crippen molar-refractivity contribution >= 4 is 22.8 Å². The summed E-state index contributed by atoms with van der Waals surface area (Å²) in [5.41, 5.74) is 1.81. The molecule has 0 saturated heterocycles. The number of Topliss-reactive ketones (excluding diaryl/α,β-unsaturated/α-hetero) is 1. The predicted octanol–water partition coefficient (Wildman–Crippen LogP) is 2.40. The Bertz CT molecular complexity index is 640. The first-order valence-electron chi connectivity index (χ1n) is 6.59. The van der Waals surface area contributed by atoms with Gasteiger partial charge in [-0.15, -0.1) is 0 Å². The second-order valence-corrected chi connectivity index (χ2v) is 4.34. The van der Waals surface area contributed by atoms with Crippen LogP contribution in [-0.4, -0.2) is 28.3 Å². The largest absolute Gasteiger partial charge is 0.465 e. The molecule has 5 nitrogen and oxygen atoms in total. The van der Waals surface area contributed by atoms with Crippen molar-refractivity contribution in [2.75, 3.05) is 6.61 Å². The molecule has 1 aromatic heterocycles. The molecule has 5 heteroatoms. The number of fused-ring (bicyclic) bond motifs is 1. The highest BCUT2D eigenvalue weighted by Gasteiger charge is 2.27. The molecule has 2 rings (SSSR count). The van der Waals surface area contributed by atoms with Gasteiger partial charge in [0.1, 0.15) is 5.92 Å². The number of hydrogen-bond acceptors (Lipinski definition) is 5. The van der Waals surface area contributed by atoms with Gasteiger partial charge in [0.15, 0.2) is 5.78 Å². The molecule has 0 N–H and O–H groups in total. The number of esters is 1. The summed E-state index contributed by atoms with van der Waals surface area (Å²) in [5, 5.41) is 0. The third kappa shape index (κ3) is 2.82. The van der Waals surface area contributed by atoms with Gasteiger partial charge in [-0.2, -0.15) is 0 Å². The average molecular weight is 272 g/mol. The number of nitrogens with zero attached hydrogens (tertiary/aromatic N) is 2. The van der Waals surface area contributed by atoms with Crippen LogP contribution >= 0.6 is 0 Å². The van der Waals surface area contributed by atoms with E-state index in [1.807, 2.05) is 0 Å². The van der Waals surface area contributed by atoms with E-state index < -0.39 is 11.9 Å². The Morgan fingerprint density at radius 3 is 2.50 bits per heavy atom. The SMILES string of the molecule is CCOC(=O)C(CC)C(=O)c1ccc2nccnc2c1. The lowest BCUT2D eigenvalue weighted by Gasteiger charge is -2.12. The maximum Gasteiger partial charge on any atom is 0.316 e. The number of aromatic nitrogens is 2. The van der Waals surface area contributed by atoms with Gasteiger partial charge in [-0.1, -0.05) is 6.92 Å². The Balaban J connectivity index is 2.31. The summed E-state index contributed by atoms with van der Waals surface area (Å²) in [7, 11) is 0. The first kappa shape index (κ1) is 14.1. The van der Waals surface area contributed by atoms with E-state index >= 15 is 0 Å². The highest BCUT2D eigenvalue weighted by Crippen LogP contribution is 2.17. The molecule has 0 fully saturated rings. The van der Waals surface area contributed by atoms with Gasteiger partial charge in [-0.25, -0.2) is 0 Å². The smallest absolute Gasteiger partial charge is 0.316 e. The summed E-state index contributed by atoms with van der Waals surface area (Å²) in [5.74, 6) is -1.47. The van der Waals surface area contributed by atoms with Gasteiger partial charge in [-0.3, -0.25) is 19.6 Å². The van der Waals surface area contributed by atoms with Crippen molar-refractivity contribution in [1.82, 2.24) is 9.97 Å². The number of hydrogen-bond donors (Lipinski definition) is 0. The molecule has 0 aliphatic heterocycles. The zero-order chi connectivity index (χ0) is 14.5. The van der Waals surface area contributed by atoms with Crippen molar-refractivity contribution in [1.29, 1.82) is 0 Å². The second kappa shape index (κ2) is 6.23. The fourth-order valence-electron chi connectivity index (χ4n) is 2.02. The normalized spacial score (nSPS) is 12.1. The van der Waals surface area contributed by atoms with E-state index in [0.29, 0.717) is 23.0 Å². The van der Waals surface area contributed by atoms with E-state index in [2.05, 4.69) is 9.97 Å². The number of ether oxygens (including phenoxy) is 1. The summed E-state index contributed by atoms with van der Waals surface area (Å²) < 4.78 is 4.94. The summed E-state index contributed by atoms with van der Waals surface area (Å²) in [6, 6.07) is 5.06. The summed E-state index contributed by atoms with van der Waals surface area (Å²) in [4.78, 5) is 32.5. The monoisotopic (exact) mass is 272 g/mol. The van der Waals surface area contributed by atoms with E-state index in [1.165, 1.54) is 0 Å². The van der Waals surface area contributed by atoms with Crippen molar-refractivity contribution in [3.63, 3.8) is 0 Å². The van der Waals surface area contributed by atoms with Crippen molar-refractivity contribution in [3.8, 4) is 0 Å². The first-order valence-corrected chi connectivity index (χ1v) is 6.59. The van der Waals surface area contributed by atoms with Crippen LogP contribution in [0.3, 0.4) is 0 Å². The lowest BCUT2D eigenvalue weighted by Crippen LogP contribution is -2.25. The van der Waals surface area contributed by atoms with Crippen molar-refractivity contribution in [3.05, 3.63) is 36.2 Å². The van der Waals surface area contributed by atoms with Gasteiger partial charge in [0.25, 0.3) is 0 Å². The molecule has 20 heavy (non-hydrogen) atoms. The number of carbonyl (C=O) groups is 2. The zero-order valence-electron chi connectivity index (χ0n) is 11.5. The van der Waals surface area contributed by atoms with Gasteiger partial charge in [0, 0.05) is 18.0 Å². The summed E-state index contributed by atoms with van der Waals surface area (Å²) in [6.45, 7) is 3.78. The van der Waals surface area contributed by atoms with Crippen molar-refractivity contribution in [2.45, 2.75) is 20.3 Å². The van der Waals surface area contributed by atoms with E-state index in [4.69, 9.17) is 4.74 Å². The number of benzene rings is 1. The Morgan fingerprint density at radius 2 is 1.85 bits per heavy atom. The van der Waals surface area contributed by atoms with Crippen LogP contribution in [0.2, 0.25) is 0 Å². The quantitative estimate of drug-likeness (QED) is 0.475. The molecular weight excluding hydrogens is 256 g/mol. The Kier molecular flexibility index (Phi) is 4.40. The predicted molar refractivity (Wildman–Crippen MR) is 74.3 cm³/mol. The minimum atomic E-state index is -0.760. The topological polar surface area (TPSA) is 69.2 Å². The van der Waals surface area contributed by atoms with Crippen LogP contribution in [0.5, 0.6) is 0 Å². The molecule has 1 atom stereocenters. The third-order valence-electron chi connectivity index (χ3n) is 3.05. The summed E-state index contributed by atoms with van der Waals surface area (Å²) in [6.07, 6.45) is 3.58. The van der Waals surface area contributed by atoms with Crippen molar-refractivity contribution in [2.24, 2.45) is 5.92 Å². The highest BCUT2D eigenvalue weighted by atomic mass is 16.5. The Morgan fingerprint density at radius 1 is 1.15 bits per heavy atom. The highest BCUT2D eigenvalue weighted by molar-refractivity contribution is 6.09. The molecule has 0 aliphatic carbocycles. The van der Waals surface area contributed by atoms with Crippen LogP contribution in [0.1, 0.15) is 30.6 Å². The van der Waals surface area contributed by atoms with E-state index in [-0.39, 0.29) is 12.4 Å². The summed E-state index contributed by atoms with van der Waals surface area (Å²) >= 11 is 0. The van der Waals surface area contributed by atoms with Crippen LogP contribution < -0.4 is 0 Å². The maximum atomic E-state index is 12.4. The van der Waals surface area contributed by atoms with Crippen LogP contribution in [-0.2, 0) is 9.53 Å². The minimum absolute atomic E-state index is 0.237. The number of ketones is 1. The number of carbonyl (C=O) groups excluding carboxylic acids is 2. The van der Waals surface area contributed by atoms with Crippen LogP contribution in [0.15, 0.2) is 30.6 Å². The van der Waals surface area contributed by atoms with Crippen LogP contribution in [0.25, 0.3) is 11.0 Å². The van der Waals surface area contributed by atoms with Gasteiger partial charge in [0.05, 0.1) is 17.6 Å². The van der Waals surface area contributed by atoms with Gasteiger partial charge >= 0.3 is 5.97 Å². The molecule has 1 heterocycles. The zero-order valence-corrected chi connectivity index (χ0v) is 11.5. The van der Waals surface area contributed by atoms with Gasteiger partial charge < -0.3 is 4.74 Å². The van der Waals surface area contributed by atoms with Crippen LogP contribution in [0, 0.1) is 5.92 Å². The lowest BCUT2D eigenvalue weighted by atomic mass is 9.95. The standard InChI is InChI=1S/C15H16N2O3/c1-3-11(15(19)20-4-2)14(18)10-5-6-12-13(9-10)17-8-7-16-12/h5-9,11H,3-4H2,1-2H3.